The topological polar surface area (TPSA) is 93.2 Å². The Balaban J connectivity index is 0.000000169. The number of nitrogens with two attached hydrogens (primary N) is 1. The average Bonchev–Trinajstić information content (AvgIpc) is 3.02. The number of nitrogens with one attached hydrogen (secondary N) is 1. The van der Waals surface area contributed by atoms with Crippen molar-refractivity contribution in [1.82, 2.24) is 9.78 Å². The van der Waals surface area contributed by atoms with Crippen LogP contribution in [-0.4, -0.2) is 27.0 Å². The van der Waals surface area contributed by atoms with Crippen LogP contribution in [0.3, 0.4) is 0 Å². The SMILES string of the molecule is CC1(C)CC(O)Cc2ccccc21.Cn1nc(-c2ccccc2)cc1NC(N)=O. The molecule has 6 heteroatoms. The second-order valence-corrected chi connectivity index (χ2v) is 8.00. The maximum Gasteiger partial charge on any atom is 0.317 e. The number of fused-ring (bicyclic) bond motifs is 1. The number of aromatic nitrogens is 2. The Labute approximate surface area is 171 Å². The van der Waals surface area contributed by atoms with Crippen molar-refractivity contribution in [3.63, 3.8) is 0 Å². The van der Waals surface area contributed by atoms with Crippen LogP contribution in [0.15, 0.2) is 60.7 Å². The zero-order valence-corrected chi connectivity index (χ0v) is 17.1. The normalized spacial score (nSPS) is 16.9. The summed E-state index contributed by atoms with van der Waals surface area (Å²) in [4.78, 5) is 10.7. The summed E-state index contributed by atoms with van der Waals surface area (Å²) in [5, 5.41) is 16.5. The monoisotopic (exact) mass is 392 g/mol. The molecule has 6 nitrogen and oxygen atoms in total. The molecule has 1 aliphatic carbocycles. The summed E-state index contributed by atoms with van der Waals surface area (Å²) in [7, 11) is 1.75. The molecule has 2 aromatic carbocycles. The lowest BCUT2D eigenvalue weighted by molar-refractivity contribution is 0.128. The standard InChI is InChI=1S/C12H16O.C11H12N4O/c1-12(2)8-10(13)7-9-5-3-4-6-11(9)12;1-15-10(13-11(12)16)7-9(14-15)8-5-3-2-4-6-8/h3-6,10,13H,7-8H2,1-2H3;2-7H,1H3,(H3,12,13,16). The Hall–Kier alpha value is -3.12. The zero-order chi connectivity index (χ0) is 21.0. The molecule has 0 fully saturated rings. The van der Waals surface area contributed by atoms with Crippen molar-refractivity contribution in [2.24, 2.45) is 12.8 Å². The Bertz CT molecular complexity index is 980. The van der Waals surface area contributed by atoms with Crippen LogP contribution in [-0.2, 0) is 18.9 Å². The Morgan fingerprint density at radius 1 is 1.17 bits per heavy atom. The molecule has 4 rings (SSSR count). The highest BCUT2D eigenvalue weighted by atomic mass is 16.3. The third-order valence-corrected chi connectivity index (χ3v) is 5.15. The van der Waals surface area contributed by atoms with Gasteiger partial charge in [-0.3, -0.25) is 10.00 Å². The van der Waals surface area contributed by atoms with Gasteiger partial charge in [-0.1, -0.05) is 68.4 Å². The molecule has 0 radical (unpaired) electrons. The van der Waals surface area contributed by atoms with Crippen molar-refractivity contribution in [3.8, 4) is 11.3 Å². The summed E-state index contributed by atoms with van der Waals surface area (Å²) in [6.45, 7) is 4.41. The molecule has 29 heavy (non-hydrogen) atoms. The van der Waals surface area contributed by atoms with Gasteiger partial charge in [0, 0.05) is 18.7 Å². The van der Waals surface area contributed by atoms with Crippen LogP contribution in [0, 0.1) is 0 Å². The number of carbonyl (C=O) groups excluding carboxylic acids is 1. The number of aryl methyl sites for hydroxylation is 1. The molecular weight excluding hydrogens is 364 g/mol. The van der Waals surface area contributed by atoms with Crippen LogP contribution < -0.4 is 11.1 Å². The first-order chi connectivity index (χ1) is 13.8. The summed E-state index contributed by atoms with van der Waals surface area (Å²) in [6, 6.07) is 19.3. The first-order valence-electron chi connectivity index (χ1n) is 9.68. The summed E-state index contributed by atoms with van der Waals surface area (Å²) in [6.07, 6.45) is 1.54. The van der Waals surface area contributed by atoms with Gasteiger partial charge in [0.25, 0.3) is 0 Å². The number of primary amides is 1. The molecule has 1 unspecified atom stereocenters. The molecule has 0 saturated heterocycles. The van der Waals surface area contributed by atoms with Gasteiger partial charge in [0.2, 0.25) is 0 Å². The van der Waals surface area contributed by atoms with Crippen molar-refractivity contribution >= 4 is 11.8 Å². The minimum Gasteiger partial charge on any atom is -0.393 e. The van der Waals surface area contributed by atoms with Gasteiger partial charge in [-0.15, -0.1) is 0 Å². The van der Waals surface area contributed by atoms with Crippen LogP contribution in [0.5, 0.6) is 0 Å². The first-order valence-corrected chi connectivity index (χ1v) is 9.68. The molecule has 0 saturated carbocycles. The molecule has 1 aliphatic rings. The molecule has 1 atom stereocenters. The van der Waals surface area contributed by atoms with Gasteiger partial charge in [-0.05, 0) is 29.4 Å². The van der Waals surface area contributed by atoms with E-state index >= 15 is 0 Å². The number of aliphatic hydroxyl groups is 1. The quantitative estimate of drug-likeness (QED) is 0.618. The van der Waals surface area contributed by atoms with Crippen LogP contribution in [0.1, 0.15) is 31.4 Å². The molecule has 2 amide bonds. The highest BCUT2D eigenvalue weighted by molar-refractivity contribution is 5.87. The fraction of sp³-hybridized carbons (Fsp3) is 0.304. The maximum atomic E-state index is 10.7. The van der Waals surface area contributed by atoms with E-state index in [0.29, 0.717) is 5.82 Å². The molecule has 1 heterocycles. The van der Waals surface area contributed by atoms with Gasteiger partial charge in [0.15, 0.2) is 0 Å². The molecule has 1 aromatic heterocycles. The number of anilines is 1. The largest absolute Gasteiger partial charge is 0.393 e. The lowest BCUT2D eigenvalue weighted by Crippen LogP contribution is -2.32. The summed E-state index contributed by atoms with van der Waals surface area (Å²) in [5.74, 6) is 0.575. The van der Waals surface area contributed by atoms with E-state index in [1.807, 2.05) is 36.4 Å². The number of rotatable bonds is 2. The predicted molar refractivity (Wildman–Crippen MR) is 116 cm³/mol. The Morgan fingerprint density at radius 3 is 2.52 bits per heavy atom. The predicted octanol–water partition coefficient (Wildman–Crippen LogP) is 3.85. The zero-order valence-electron chi connectivity index (χ0n) is 17.1. The summed E-state index contributed by atoms with van der Waals surface area (Å²) < 4.78 is 1.58. The number of benzene rings is 2. The van der Waals surface area contributed by atoms with Gasteiger partial charge in [-0.25, -0.2) is 4.79 Å². The molecule has 0 spiro atoms. The average molecular weight is 393 g/mol. The van der Waals surface area contributed by atoms with Gasteiger partial charge >= 0.3 is 6.03 Å². The lowest BCUT2D eigenvalue weighted by atomic mass is 9.72. The van der Waals surface area contributed by atoms with Gasteiger partial charge < -0.3 is 10.8 Å². The molecule has 152 valence electrons. The van der Waals surface area contributed by atoms with E-state index in [9.17, 15) is 9.90 Å². The second-order valence-electron chi connectivity index (χ2n) is 8.00. The number of aliphatic hydroxyl groups excluding tert-OH is 1. The van der Waals surface area contributed by atoms with E-state index in [1.165, 1.54) is 11.1 Å². The van der Waals surface area contributed by atoms with E-state index in [2.05, 4.69) is 42.5 Å². The first kappa shape index (κ1) is 20.6. The van der Waals surface area contributed by atoms with Gasteiger partial charge in [0.1, 0.15) is 5.82 Å². The highest BCUT2D eigenvalue weighted by Crippen LogP contribution is 2.36. The van der Waals surface area contributed by atoms with E-state index < -0.39 is 6.03 Å². The summed E-state index contributed by atoms with van der Waals surface area (Å²) >= 11 is 0. The van der Waals surface area contributed by atoms with E-state index in [0.717, 1.165) is 24.1 Å². The van der Waals surface area contributed by atoms with Gasteiger partial charge in [-0.2, -0.15) is 5.10 Å². The molecule has 3 aromatic rings. The van der Waals surface area contributed by atoms with Crippen LogP contribution in [0.4, 0.5) is 10.6 Å². The van der Waals surface area contributed by atoms with Crippen molar-refractivity contribution in [2.75, 3.05) is 5.32 Å². The maximum absolute atomic E-state index is 10.7. The molecule has 0 bridgehead atoms. The van der Waals surface area contributed by atoms with Gasteiger partial charge in [0.05, 0.1) is 11.8 Å². The number of carbonyl (C=O) groups is 1. The second kappa shape index (κ2) is 8.49. The van der Waals surface area contributed by atoms with Crippen LogP contribution in [0.25, 0.3) is 11.3 Å². The molecule has 4 N–H and O–H groups in total. The van der Waals surface area contributed by atoms with Crippen LogP contribution in [0.2, 0.25) is 0 Å². The van der Waals surface area contributed by atoms with Crippen molar-refractivity contribution in [2.45, 2.75) is 38.2 Å². The number of nitrogens with zero attached hydrogens (tertiary/aromatic N) is 2. The van der Waals surface area contributed by atoms with Crippen LogP contribution >= 0.6 is 0 Å². The number of urea groups is 1. The highest BCUT2D eigenvalue weighted by Gasteiger charge is 2.31. The smallest absolute Gasteiger partial charge is 0.317 e. The lowest BCUT2D eigenvalue weighted by Gasteiger charge is -2.35. The minimum atomic E-state index is -0.595. The van der Waals surface area contributed by atoms with E-state index in [-0.39, 0.29) is 11.5 Å². The van der Waals surface area contributed by atoms with Crippen molar-refractivity contribution in [3.05, 3.63) is 71.8 Å². The fourth-order valence-corrected chi connectivity index (χ4v) is 3.84. The number of hydrogen-bond donors (Lipinski definition) is 3. The Morgan fingerprint density at radius 2 is 1.83 bits per heavy atom. The Kier molecular flexibility index (Phi) is 6.03. The van der Waals surface area contributed by atoms with Crippen molar-refractivity contribution < 1.29 is 9.90 Å². The fourth-order valence-electron chi connectivity index (χ4n) is 3.84. The van der Waals surface area contributed by atoms with E-state index in [4.69, 9.17) is 5.73 Å². The third-order valence-electron chi connectivity index (χ3n) is 5.15. The third kappa shape index (κ3) is 5.03. The molecule has 0 aliphatic heterocycles. The minimum absolute atomic E-state index is 0.133. The van der Waals surface area contributed by atoms with E-state index in [1.54, 1.807) is 17.8 Å². The summed E-state index contributed by atoms with van der Waals surface area (Å²) in [5.41, 5.74) is 9.69. The number of amides is 2. The molecular formula is C23H28N4O2. The van der Waals surface area contributed by atoms with Crippen molar-refractivity contribution in [1.29, 1.82) is 0 Å². The number of hydrogen-bond acceptors (Lipinski definition) is 3.